The van der Waals surface area contributed by atoms with Crippen molar-refractivity contribution in [2.45, 2.75) is 36.9 Å². The SMILES string of the molecule is CSC1(CNC2=NCCS2)CCCCC1. The van der Waals surface area contributed by atoms with Gasteiger partial charge in [-0.25, -0.2) is 0 Å². The zero-order valence-electron chi connectivity index (χ0n) is 9.42. The lowest BCUT2D eigenvalue weighted by atomic mass is 9.88. The molecule has 86 valence electrons. The Hall–Kier alpha value is 0.170. The highest BCUT2D eigenvalue weighted by molar-refractivity contribution is 8.14. The van der Waals surface area contributed by atoms with Crippen molar-refractivity contribution in [3.05, 3.63) is 0 Å². The van der Waals surface area contributed by atoms with E-state index >= 15 is 0 Å². The van der Waals surface area contributed by atoms with Crippen molar-refractivity contribution in [3.8, 4) is 0 Å². The number of aliphatic imine (C=N–C) groups is 1. The highest BCUT2D eigenvalue weighted by atomic mass is 32.2. The van der Waals surface area contributed by atoms with Gasteiger partial charge in [0.2, 0.25) is 0 Å². The van der Waals surface area contributed by atoms with Gasteiger partial charge in [-0.3, -0.25) is 4.99 Å². The summed E-state index contributed by atoms with van der Waals surface area (Å²) in [5.41, 5.74) is 0. The van der Waals surface area contributed by atoms with Crippen LogP contribution in [-0.2, 0) is 0 Å². The van der Waals surface area contributed by atoms with E-state index in [2.05, 4.69) is 16.6 Å². The molecule has 0 bridgehead atoms. The Balaban J connectivity index is 1.83. The van der Waals surface area contributed by atoms with Crippen LogP contribution in [0.4, 0.5) is 0 Å². The van der Waals surface area contributed by atoms with Crippen molar-refractivity contribution in [2.75, 3.05) is 25.1 Å². The summed E-state index contributed by atoms with van der Waals surface area (Å²) in [5, 5.41) is 4.71. The maximum Gasteiger partial charge on any atom is 0.156 e. The van der Waals surface area contributed by atoms with Crippen LogP contribution >= 0.6 is 23.5 Å². The van der Waals surface area contributed by atoms with Crippen LogP contribution in [0.5, 0.6) is 0 Å². The molecule has 0 aromatic heterocycles. The van der Waals surface area contributed by atoms with Crippen LogP contribution in [0.3, 0.4) is 0 Å². The van der Waals surface area contributed by atoms with Gasteiger partial charge in [-0.15, -0.1) is 0 Å². The molecule has 1 aliphatic heterocycles. The molecule has 4 heteroatoms. The molecule has 1 N–H and O–H groups in total. The molecular weight excluding hydrogens is 224 g/mol. The molecule has 0 radical (unpaired) electrons. The van der Waals surface area contributed by atoms with Gasteiger partial charge in [-0.2, -0.15) is 11.8 Å². The lowest BCUT2D eigenvalue weighted by Crippen LogP contribution is -2.40. The van der Waals surface area contributed by atoms with Crippen LogP contribution in [0.25, 0.3) is 0 Å². The van der Waals surface area contributed by atoms with Crippen LogP contribution in [0.15, 0.2) is 4.99 Å². The smallest absolute Gasteiger partial charge is 0.156 e. The van der Waals surface area contributed by atoms with E-state index < -0.39 is 0 Å². The van der Waals surface area contributed by atoms with Gasteiger partial charge in [-0.1, -0.05) is 31.0 Å². The lowest BCUT2D eigenvalue weighted by Gasteiger charge is -2.36. The molecule has 1 fully saturated rings. The number of amidine groups is 1. The van der Waals surface area contributed by atoms with Crippen molar-refractivity contribution in [1.82, 2.24) is 5.32 Å². The summed E-state index contributed by atoms with van der Waals surface area (Å²) in [6.07, 6.45) is 9.25. The largest absolute Gasteiger partial charge is 0.364 e. The van der Waals surface area contributed by atoms with Gasteiger partial charge < -0.3 is 5.32 Å². The number of rotatable bonds is 3. The topological polar surface area (TPSA) is 24.4 Å². The summed E-state index contributed by atoms with van der Waals surface area (Å²) in [5.74, 6) is 1.16. The van der Waals surface area contributed by atoms with Gasteiger partial charge in [-0.05, 0) is 19.1 Å². The van der Waals surface area contributed by atoms with Crippen molar-refractivity contribution < 1.29 is 0 Å². The minimum Gasteiger partial charge on any atom is -0.364 e. The third kappa shape index (κ3) is 3.06. The summed E-state index contributed by atoms with van der Waals surface area (Å²) in [4.78, 5) is 4.44. The van der Waals surface area contributed by atoms with E-state index in [-0.39, 0.29) is 0 Å². The second-order valence-corrected chi connectivity index (χ2v) is 6.69. The van der Waals surface area contributed by atoms with Gasteiger partial charge in [0.05, 0.1) is 6.54 Å². The van der Waals surface area contributed by atoms with Crippen LogP contribution in [0.2, 0.25) is 0 Å². The first kappa shape index (κ1) is 11.6. The summed E-state index contributed by atoms with van der Waals surface area (Å²) < 4.78 is 0.490. The Bertz CT molecular complexity index is 235. The maximum atomic E-state index is 4.44. The Kier molecular flexibility index (Phi) is 4.26. The third-order valence-electron chi connectivity index (χ3n) is 3.35. The molecule has 1 aliphatic carbocycles. The molecule has 0 atom stereocenters. The van der Waals surface area contributed by atoms with E-state index in [0.29, 0.717) is 4.75 Å². The molecule has 0 saturated heterocycles. The fraction of sp³-hybridized carbons (Fsp3) is 0.909. The highest BCUT2D eigenvalue weighted by Crippen LogP contribution is 2.38. The summed E-state index contributed by atoms with van der Waals surface area (Å²) in [7, 11) is 0. The predicted octanol–water partition coefficient (Wildman–Crippen LogP) is 2.74. The molecular formula is C11H20N2S2. The van der Waals surface area contributed by atoms with Crippen LogP contribution < -0.4 is 5.32 Å². The van der Waals surface area contributed by atoms with Crippen LogP contribution in [0.1, 0.15) is 32.1 Å². The number of nitrogens with zero attached hydrogens (tertiary/aromatic N) is 1. The minimum absolute atomic E-state index is 0.490. The van der Waals surface area contributed by atoms with E-state index in [9.17, 15) is 0 Å². The number of nitrogens with one attached hydrogen (secondary N) is 1. The molecule has 2 nitrogen and oxygen atoms in total. The standard InChI is InChI=1S/C11H20N2S2/c1-14-11(5-3-2-4-6-11)9-13-10-12-7-8-15-10/h2-9H2,1H3,(H,12,13). The van der Waals surface area contributed by atoms with Crippen molar-refractivity contribution in [1.29, 1.82) is 0 Å². The summed E-state index contributed by atoms with van der Waals surface area (Å²) >= 11 is 3.92. The third-order valence-corrected chi connectivity index (χ3v) is 5.70. The monoisotopic (exact) mass is 244 g/mol. The van der Waals surface area contributed by atoms with Gasteiger partial charge in [0.1, 0.15) is 0 Å². The van der Waals surface area contributed by atoms with Gasteiger partial charge in [0.15, 0.2) is 5.17 Å². The average Bonchev–Trinajstić information content (AvgIpc) is 2.81. The summed E-state index contributed by atoms with van der Waals surface area (Å²) in [6.45, 7) is 2.11. The van der Waals surface area contributed by atoms with E-state index in [1.807, 2.05) is 23.5 Å². The van der Waals surface area contributed by atoms with E-state index in [4.69, 9.17) is 0 Å². The van der Waals surface area contributed by atoms with E-state index in [1.165, 1.54) is 37.3 Å². The van der Waals surface area contributed by atoms with Crippen molar-refractivity contribution >= 4 is 28.7 Å². The summed E-state index contributed by atoms with van der Waals surface area (Å²) in [6, 6.07) is 0. The second kappa shape index (κ2) is 5.48. The Morgan fingerprint density at radius 2 is 2.20 bits per heavy atom. The molecule has 2 rings (SSSR count). The van der Waals surface area contributed by atoms with E-state index in [1.54, 1.807) is 0 Å². The van der Waals surface area contributed by atoms with Crippen molar-refractivity contribution in [2.24, 2.45) is 4.99 Å². The molecule has 1 heterocycles. The zero-order chi connectivity index (χ0) is 10.6. The number of thioether (sulfide) groups is 2. The second-order valence-electron chi connectivity index (χ2n) is 4.34. The molecule has 0 aromatic rings. The molecule has 2 aliphatic rings. The molecule has 0 amide bonds. The fourth-order valence-electron chi connectivity index (χ4n) is 2.33. The molecule has 15 heavy (non-hydrogen) atoms. The minimum atomic E-state index is 0.490. The molecule has 1 saturated carbocycles. The van der Waals surface area contributed by atoms with Crippen LogP contribution in [0, 0.1) is 0 Å². The lowest BCUT2D eigenvalue weighted by molar-refractivity contribution is 0.395. The first-order chi connectivity index (χ1) is 7.35. The Morgan fingerprint density at radius 3 is 2.80 bits per heavy atom. The molecule has 0 spiro atoms. The first-order valence-corrected chi connectivity index (χ1v) is 8.02. The number of hydrogen-bond donors (Lipinski definition) is 1. The number of hydrogen-bond acceptors (Lipinski definition) is 4. The van der Waals surface area contributed by atoms with Gasteiger partial charge >= 0.3 is 0 Å². The van der Waals surface area contributed by atoms with Gasteiger partial charge in [0.25, 0.3) is 0 Å². The predicted molar refractivity (Wildman–Crippen MR) is 72.1 cm³/mol. The Morgan fingerprint density at radius 1 is 1.40 bits per heavy atom. The Labute approximate surface area is 101 Å². The quantitative estimate of drug-likeness (QED) is 0.826. The van der Waals surface area contributed by atoms with Crippen LogP contribution in [-0.4, -0.2) is 35.0 Å². The average molecular weight is 244 g/mol. The highest BCUT2D eigenvalue weighted by Gasteiger charge is 2.31. The maximum absolute atomic E-state index is 4.44. The normalized spacial score (nSPS) is 25.0. The van der Waals surface area contributed by atoms with E-state index in [0.717, 1.165) is 18.8 Å². The first-order valence-electron chi connectivity index (χ1n) is 5.81. The molecule has 0 aromatic carbocycles. The van der Waals surface area contributed by atoms with Crippen molar-refractivity contribution in [3.63, 3.8) is 0 Å². The zero-order valence-corrected chi connectivity index (χ0v) is 11.1. The fourth-order valence-corrected chi connectivity index (χ4v) is 3.97. The molecule has 0 unspecified atom stereocenters. The van der Waals surface area contributed by atoms with Gasteiger partial charge in [0, 0.05) is 17.0 Å².